The minimum atomic E-state index is -1.64. The van der Waals surface area contributed by atoms with Crippen LogP contribution in [0.1, 0.15) is 31.8 Å². The van der Waals surface area contributed by atoms with E-state index in [0.29, 0.717) is 31.7 Å². The number of piperazine rings is 1. The van der Waals surface area contributed by atoms with Gasteiger partial charge >= 0.3 is 0 Å². The number of benzene rings is 3. The van der Waals surface area contributed by atoms with Gasteiger partial charge in [-0.15, -0.1) is 0 Å². The number of Topliss-reactive ketones (excluding diaryl/α,β-unsaturated/α-hetero) is 2. The number of ketones is 2. The summed E-state index contributed by atoms with van der Waals surface area (Å²) in [5.74, 6) is -2.68. The number of nitrogens with zero attached hydrogens (tertiary/aromatic N) is 2. The molecule has 1 aliphatic carbocycles. The van der Waals surface area contributed by atoms with E-state index in [1.807, 2.05) is 4.90 Å². The van der Waals surface area contributed by atoms with Gasteiger partial charge in [-0.25, -0.2) is 13.2 Å². The summed E-state index contributed by atoms with van der Waals surface area (Å²) in [5.41, 5.74) is -0.963. The number of rotatable bonds is 4. The van der Waals surface area contributed by atoms with E-state index in [-0.39, 0.29) is 23.2 Å². The van der Waals surface area contributed by atoms with E-state index in [2.05, 4.69) is 0 Å². The van der Waals surface area contributed by atoms with Crippen molar-refractivity contribution in [3.63, 3.8) is 0 Å². The zero-order chi connectivity index (χ0) is 23.2. The minimum absolute atomic E-state index is 0.0908. The average Bonchev–Trinajstić information content (AvgIpc) is 3.06. The van der Waals surface area contributed by atoms with E-state index in [0.717, 1.165) is 12.1 Å². The molecule has 5 rings (SSSR count). The van der Waals surface area contributed by atoms with Gasteiger partial charge in [0.05, 0.1) is 5.56 Å². The van der Waals surface area contributed by atoms with Gasteiger partial charge in [0.25, 0.3) is 0 Å². The van der Waals surface area contributed by atoms with Gasteiger partial charge in [0.1, 0.15) is 17.5 Å². The predicted octanol–water partition coefficient (Wildman–Crippen LogP) is 4.20. The first kappa shape index (κ1) is 21.6. The molecule has 7 heteroatoms. The topological polar surface area (TPSA) is 40.6 Å². The van der Waals surface area contributed by atoms with Crippen molar-refractivity contribution in [3.05, 3.63) is 106 Å². The van der Waals surface area contributed by atoms with Gasteiger partial charge in [0.15, 0.2) is 17.1 Å². The Hall–Kier alpha value is -3.29. The Morgan fingerprint density at radius 2 is 1.48 bits per heavy atom. The molecule has 0 aromatic heterocycles. The molecule has 0 bridgehead atoms. The molecule has 0 N–H and O–H groups in total. The van der Waals surface area contributed by atoms with Gasteiger partial charge in [-0.05, 0) is 29.8 Å². The van der Waals surface area contributed by atoms with Crippen LogP contribution in [0, 0.1) is 17.5 Å². The van der Waals surface area contributed by atoms with E-state index in [4.69, 9.17) is 0 Å². The molecule has 0 radical (unpaired) electrons. The number of halogens is 3. The van der Waals surface area contributed by atoms with Crippen LogP contribution in [0.3, 0.4) is 0 Å². The minimum Gasteiger partial charge on any atom is -0.296 e. The van der Waals surface area contributed by atoms with Crippen LogP contribution in [0.15, 0.2) is 66.7 Å². The normalized spacial score (nSPS) is 21.4. The summed E-state index contributed by atoms with van der Waals surface area (Å²) in [6.45, 7) is 1.75. The van der Waals surface area contributed by atoms with E-state index >= 15 is 0 Å². The molecular weight excluding hydrogens is 429 g/mol. The smallest absolute Gasteiger partial charge is 0.199 e. The molecule has 1 fully saturated rings. The van der Waals surface area contributed by atoms with E-state index in [9.17, 15) is 22.8 Å². The standard InChI is InChI=1S/C26H21F3N2O2/c27-19-9-10-21(28)17(15-19)16-30-11-13-31(14-12-30)26(18-5-2-1-3-6-18)24(32)20-7-4-8-22(29)23(20)25(26)33/h1-10,15H,11-14,16H2. The maximum absolute atomic E-state index is 14.6. The quantitative estimate of drug-likeness (QED) is 0.559. The van der Waals surface area contributed by atoms with Crippen LogP contribution in [0.5, 0.6) is 0 Å². The summed E-state index contributed by atoms with van der Waals surface area (Å²) in [6, 6.07) is 16.2. The van der Waals surface area contributed by atoms with Crippen LogP contribution >= 0.6 is 0 Å². The van der Waals surface area contributed by atoms with Crippen molar-refractivity contribution in [3.8, 4) is 0 Å². The van der Waals surface area contributed by atoms with Crippen LogP contribution in [0.4, 0.5) is 13.2 Å². The molecule has 4 nitrogen and oxygen atoms in total. The van der Waals surface area contributed by atoms with Crippen LogP contribution in [-0.4, -0.2) is 47.5 Å². The fraction of sp³-hybridized carbons (Fsp3) is 0.231. The Labute approximate surface area is 189 Å². The van der Waals surface area contributed by atoms with Gasteiger partial charge in [0.2, 0.25) is 0 Å². The molecule has 1 unspecified atom stereocenters. The molecule has 0 spiro atoms. The summed E-state index contributed by atoms with van der Waals surface area (Å²) in [6.07, 6.45) is 0. The Bertz CT molecular complexity index is 1240. The highest BCUT2D eigenvalue weighted by atomic mass is 19.1. The highest BCUT2D eigenvalue weighted by molar-refractivity contribution is 6.33. The second kappa shape index (κ2) is 8.24. The lowest BCUT2D eigenvalue weighted by Gasteiger charge is -2.44. The monoisotopic (exact) mass is 450 g/mol. The SMILES string of the molecule is O=C1c2cccc(F)c2C(=O)C1(c1ccccc1)N1CCN(Cc2cc(F)ccc2F)CC1. The fourth-order valence-electron chi connectivity index (χ4n) is 4.98. The van der Waals surface area contributed by atoms with Crippen LogP contribution in [-0.2, 0) is 12.1 Å². The summed E-state index contributed by atoms with van der Waals surface area (Å²) < 4.78 is 42.3. The maximum atomic E-state index is 14.6. The first-order valence-electron chi connectivity index (χ1n) is 10.8. The average molecular weight is 450 g/mol. The summed E-state index contributed by atoms with van der Waals surface area (Å²) >= 11 is 0. The lowest BCUT2D eigenvalue weighted by molar-refractivity contribution is 0.0276. The van der Waals surface area contributed by atoms with Gasteiger partial charge in [0, 0.05) is 43.9 Å². The van der Waals surface area contributed by atoms with Crippen molar-refractivity contribution in [1.82, 2.24) is 9.80 Å². The van der Waals surface area contributed by atoms with Crippen LogP contribution < -0.4 is 0 Å². The third-order valence-corrected chi connectivity index (χ3v) is 6.58. The molecule has 2 aliphatic rings. The molecule has 0 saturated carbocycles. The summed E-state index contributed by atoms with van der Waals surface area (Å²) in [4.78, 5) is 31.1. The predicted molar refractivity (Wildman–Crippen MR) is 116 cm³/mol. The highest BCUT2D eigenvalue weighted by Crippen LogP contribution is 2.43. The van der Waals surface area contributed by atoms with E-state index < -0.39 is 34.6 Å². The maximum Gasteiger partial charge on any atom is 0.199 e. The molecule has 1 saturated heterocycles. The first-order chi connectivity index (χ1) is 15.9. The molecule has 0 amide bonds. The van der Waals surface area contributed by atoms with Crippen LogP contribution in [0.25, 0.3) is 0 Å². The first-order valence-corrected chi connectivity index (χ1v) is 10.8. The van der Waals surface area contributed by atoms with Gasteiger partial charge in [-0.3, -0.25) is 19.4 Å². The Morgan fingerprint density at radius 1 is 0.758 bits per heavy atom. The molecule has 3 aromatic carbocycles. The highest BCUT2D eigenvalue weighted by Gasteiger charge is 2.59. The van der Waals surface area contributed by atoms with Crippen molar-refractivity contribution >= 4 is 11.6 Å². The molecule has 33 heavy (non-hydrogen) atoms. The number of fused-ring (bicyclic) bond motifs is 1. The van der Waals surface area contributed by atoms with Crippen molar-refractivity contribution in [2.45, 2.75) is 12.1 Å². The zero-order valence-corrected chi connectivity index (χ0v) is 17.7. The number of hydrogen-bond acceptors (Lipinski definition) is 4. The number of hydrogen-bond donors (Lipinski definition) is 0. The second-order valence-electron chi connectivity index (χ2n) is 8.40. The fourth-order valence-corrected chi connectivity index (χ4v) is 4.98. The largest absolute Gasteiger partial charge is 0.296 e. The third kappa shape index (κ3) is 3.39. The van der Waals surface area contributed by atoms with Crippen LogP contribution in [0.2, 0.25) is 0 Å². The number of carbonyl (C=O) groups excluding carboxylic acids is 2. The molecule has 1 aliphatic heterocycles. The molecule has 1 heterocycles. The van der Waals surface area contributed by atoms with Gasteiger partial charge < -0.3 is 0 Å². The summed E-state index contributed by atoms with van der Waals surface area (Å²) in [7, 11) is 0. The molecular formula is C26H21F3N2O2. The van der Waals surface area contributed by atoms with Crippen molar-refractivity contribution in [2.24, 2.45) is 0 Å². The lowest BCUT2D eigenvalue weighted by atomic mass is 9.82. The Balaban J connectivity index is 1.47. The molecule has 1 atom stereocenters. The van der Waals surface area contributed by atoms with Crippen molar-refractivity contribution in [1.29, 1.82) is 0 Å². The third-order valence-electron chi connectivity index (χ3n) is 6.58. The van der Waals surface area contributed by atoms with Crippen molar-refractivity contribution < 1.29 is 22.8 Å². The second-order valence-corrected chi connectivity index (χ2v) is 8.40. The van der Waals surface area contributed by atoms with E-state index in [1.165, 1.54) is 24.3 Å². The Morgan fingerprint density at radius 3 is 2.18 bits per heavy atom. The Kier molecular flexibility index (Phi) is 5.38. The zero-order valence-electron chi connectivity index (χ0n) is 17.7. The van der Waals surface area contributed by atoms with Crippen molar-refractivity contribution in [2.75, 3.05) is 26.2 Å². The molecule has 168 valence electrons. The lowest BCUT2D eigenvalue weighted by Crippen LogP contribution is -2.60. The van der Waals surface area contributed by atoms with Gasteiger partial charge in [-0.1, -0.05) is 42.5 Å². The molecule has 3 aromatic rings. The summed E-state index contributed by atoms with van der Waals surface area (Å²) in [5, 5.41) is 0. The number of carbonyl (C=O) groups is 2. The van der Waals surface area contributed by atoms with E-state index in [1.54, 1.807) is 35.2 Å². The van der Waals surface area contributed by atoms with Gasteiger partial charge in [-0.2, -0.15) is 0 Å².